The fourth-order valence-electron chi connectivity index (χ4n) is 1.83. The first kappa shape index (κ1) is 18.9. The minimum absolute atomic E-state index is 0. The molecule has 0 saturated heterocycles. The normalized spacial score (nSPS) is 10.1. The molecule has 0 atom stereocenters. The first-order valence-corrected chi connectivity index (χ1v) is 6.82. The molecule has 0 saturated carbocycles. The van der Waals surface area contributed by atoms with Crippen molar-refractivity contribution in [1.82, 2.24) is 5.32 Å². The van der Waals surface area contributed by atoms with Crippen LogP contribution in [0.5, 0.6) is 5.75 Å². The Hall–Kier alpha value is -1.13. The van der Waals surface area contributed by atoms with E-state index in [0.29, 0.717) is 34.5 Å². The molecule has 0 radical (unpaired) electrons. The predicted octanol–water partition coefficient (Wildman–Crippen LogP) is 3.52. The third-order valence-electron chi connectivity index (χ3n) is 3.27. The molecule has 0 unspecified atom stereocenters. The molecule has 6 heteroatoms. The standard InChI is InChI=1S/C14H21ClN2O2.ClH/c1-4-9(5-2)8-17-14(18)10-6-11(15)12(16)7-13(10)19-3;/h6-7,9H,4-5,8,16H2,1-3H3,(H,17,18);1H. The average Bonchev–Trinajstić information content (AvgIpc) is 2.42. The molecule has 0 fully saturated rings. The van der Waals surface area contributed by atoms with E-state index in [1.54, 1.807) is 6.07 Å². The van der Waals surface area contributed by atoms with Gasteiger partial charge in [0.05, 0.1) is 23.4 Å². The predicted molar refractivity (Wildman–Crippen MR) is 86.1 cm³/mol. The van der Waals surface area contributed by atoms with Crippen LogP contribution in [-0.2, 0) is 0 Å². The Bertz CT molecular complexity index is 449. The number of rotatable bonds is 6. The number of nitrogens with one attached hydrogen (secondary N) is 1. The van der Waals surface area contributed by atoms with E-state index in [0.717, 1.165) is 12.8 Å². The molecule has 1 amide bonds. The lowest BCUT2D eigenvalue weighted by Crippen LogP contribution is -2.29. The van der Waals surface area contributed by atoms with Crippen molar-refractivity contribution in [2.24, 2.45) is 5.92 Å². The molecular weight excluding hydrogens is 299 g/mol. The highest BCUT2D eigenvalue weighted by atomic mass is 35.5. The van der Waals surface area contributed by atoms with E-state index in [1.165, 1.54) is 13.2 Å². The minimum atomic E-state index is -0.189. The second kappa shape index (κ2) is 8.93. The molecular formula is C14H22Cl2N2O2. The van der Waals surface area contributed by atoms with E-state index in [9.17, 15) is 4.79 Å². The molecule has 0 aromatic heterocycles. The quantitative estimate of drug-likeness (QED) is 0.788. The van der Waals surface area contributed by atoms with Crippen LogP contribution in [0.4, 0.5) is 5.69 Å². The van der Waals surface area contributed by atoms with Gasteiger partial charge in [-0.15, -0.1) is 12.4 Å². The fourth-order valence-corrected chi connectivity index (χ4v) is 1.99. The molecule has 114 valence electrons. The molecule has 0 heterocycles. The molecule has 0 aliphatic carbocycles. The molecule has 0 aliphatic rings. The molecule has 0 bridgehead atoms. The lowest BCUT2D eigenvalue weighted by atomic mass is 10.0. The van der Waals surface area contributed by atoms with E-state index in [4.69, 9.17) is 22.1 Å². The third kappa shape index (κ3) is 4.76. The Labute approximate surface area is 131 Å². The van der Waals surface area contributed by atoms with Gasteiger partial charge < -0.3 is 15.8 Å². The summed E-state index contributed by atoms with van der Waals surface area (Å²) < 4.78 is 5.16. The van der Waals surface area contributed by atoms with Crippen molar-refractivity contribution in [2.75, 3.05) is 19.4 Å². The molecule has 20 heavy (non-hydrogen) atoms. The molecule has 1 aromatic rings. The summed E-state index contributed by atoms with van der Waals surface area (Å²) in [5, 5.41) is 3.26. The molecule has 3 N–H and O–H groups in total. The Balaban J connectivity index is 0.00000361. The van der Waals surface area contributed by atoms with E-state index >= 15 is 0 Å². The van der Waals surface area contributed by atoms with E-state index in [-0.39, 0.29) is 18.3 Å². The summed E-state index contributed by atoms with van der Waals surface area (Å²) in [7, 11) is 1.50. The Morgan fingerprint density at radius 1 is 1.40 bits per heavy atom. The van der Waals surface area contributed by atoms with Gasteiger partial charge in [0.2, 0.25) is 0 Å². The number of hydrogen-bond donors (Lipinski definition) is 2. The van der Waals surface area contributed by atoms with Crippen LogP contribution in [0.25, 0.3) is 0 Å². The number of carbonyl (C=O) groups excluding carboxylic acids is 1. The van der Waals surface area contributed by atoms with Crippen LogP contribution >= 0.6 is 24.0 Å². The van der Waals surface area contributed by atoms with Crippen molar-refractivity contribution in [2.45, 2.75) is 26.7 Å². The van der Waals surface area contributed by atoms with Crippen LogP contribution in [-0.4, -0.2) is 19.6 Å². The topological polar surface area (TPSA) is 64.4 Å². The maximum Gasteiger partial charge on any atom is 0.255 e. The van der Waals surface area contributed by atoms with Crippen LogP contribution in [0, 0.1) is 5.92 Å². The number of ether oxygens (including phenoxy) is 1. The van der Waals surface area contributed by atoms with Crippen molar-refractivity contribution < 1.29 is 9.53 Å². The third-order valence-corrected chi connectivity index (χ3v) is 3.60. The van der Waals surface area contributed by atoms with Gasteiger partial charge in [0.1, 0.15) is 5.75 Å². The number of methoxy groups -OCH3 is 1. The molecule has 1 aromatic carbocycles. The number of amides is 1. The zero-order valence-corrected chi connectivity index (χ0v) is 13.6. The van der Waals surface area contributed by atoms with E-state index in [2.05, 4.69) is 19.2 Å². The van der Waals surface area contributed by atoms with Gasteiger partial charge in [0.15, 0.2) is 0 Å². The number of halogens is 2. The van der Waals surface area contributed by atoms with Gasteiger partial charge >= 0.3 is 0 Å². The molecule has 0 aliphatic heterocycles. The first-order valence-electron chi connectivity index (χ1n) is 6.44. The smallest absolute Gasteiger partial charge is 0.255 e. The lowest BCUT2D eigenvalue weighted by Gasteiger charge is -2.15. The van der Waals surface area contributed by atoms with E-state index in [1.807, 2.05) is 0 Å². The van der Waals surface area contributed by atoms with Crippen molar-refractivity contribution >= 4 is 35.6 Å². The highest BCUT2D eigenvalue weighted by molar-refractivity contribution is 6.33. The van der Waals surface area contributed by atoms with Crippen LogP contribution < -0.4 is 15.8 Å². The van der Waals surface area contributed by atoms with E-state index < -0.39 is 0 Å². The summed E-state index contributed by atoms with van der Waals surface area (Å²) in [6.07, 6.45) is 2.08. The number of carbonyl (C=O) groups is 1. The van der Waals surface area contributed by atoms with Crippen molar-refractivity contribution in [1.29, 1.82) is 0 Å². The maximum atomic E-state index is 12.1. The van der Waals surface area contributed by atoms with Gasteiger partial charge in [-0.2, -0.15) is 0 Å². The second-order valence-electron chi connectivity index (χ2n) is 4.47. The number of nitrogen functional groups attached to an aromatic ring is 1. The van der Waals surface area contributed by atoms with Crippen LogP contribution in [0.15, 0.2) is 12.1 Å². The number of benzene rings is 1. The molecule has 1 rings (SSSR count). The SMILES string of the molecule is CCC(CC)CNC(=O)c1cc(Cl)c(N)cc1OC.Cl. The summed E-state index contributed by atoms with van der Waals surface area (Å²) in [4.78, 5) is 12.1. The number of anilines is 1. The summed E-state index contributed by atoms with van der Waals surface area (Å²) in [5.74, 6) is 0.730. The average molecular weight is 321 g/mol. The van der Waals surface area contributed by atoms with Gasteiger partial charge in [-0.05, 0) is 12.0 Å². The highest BCUT2D eigenvalue weighted by Gasteiger charge is 2.15. The second-order valence-corrected chi connectivity index (χ2v) is 4.87. The van der Waals surface area contributed by atoms with Crippen molar-refractivity contribution in [3.05, 3.63) is 22.7 Å². The summed E-state index contributed by atoms with van der Waals surface area (Å²) in [5.41, 5.74) is 6.49. The Morgan fingerprint density at radius 2 is 2.00 bits per heavy atom. The zero-order chi connectivity index (χ0) is 14.4. The molecule has 4 nitrogen and oxygen atoms in total. The molecule has 0 spiro atoms. The van der Waals surface area contributed by atoms with Crippen molar-refractivity contribution in [3.8, 4) is 5.75 Å². The lowest BCUT2D eigenvalue weighted by molar-refractivity contribution is 0.0943. The monoisotopic (exact) mass is 320 g/mol. The maximum absolute atomic E-state index is 12.1. The number of hydrogen-bond acceptors (Lipinski definition) is 3. The van der Waals surface area contributed by atoms with Gasteiger partial charge in [-0.3, -0.25) is 4.79 Å². The van der Waals surface area contributed by atoms with Crippen molar-refractivity contribution in [3.63, 3.8) is 0 Å². The minimum Gasteiger partial charge on any atom is -0.496 e. The number of nitrogens with two attached hydrogens (primary N) is 1. The van der Waals surface area contributed by atoms with Gasteiger partial charge in [0.25, 0.3) is 5.91 Å². The zero-order valence-electron chi connectivity index (χ0n) is 12.0. The Morgan fingerprint density at radius 3 is 2.50 bits per heavy atom. The van der Waals surface area contributed by atoms with Gasteiger partial charge in [-0.1, -0.05) is 38.3 Å². The van der Waals surface area contributed by atoms with Crippen LogP contribution in [0.1, 0.15) is 37.0 Å². The first-order chi connectivity index (χ1) is 9.03. The highest BCUT2D eigenvalue weighted by Crippen LogP contribution is 2.28. The Kier molecular flexibility index (Phi) is 8.42. The largest absolute Gasteiger partial charge is 0.496 e. The summed E-state index contributed by atoms with van der Waals surface area (Å²) >= 11 is 5.94. The fraction of sp³-hybridized carbons (Fsp3) is 0.500. The van der Waals surface area contributed by atoms with Crippen LogP contribution in [0.3, 0.4) is 0 Å². The summed E-state index contributed by atoms with van der Waals surface area (Å²) in [6.45, 7) is 4.87. The van der Waals surface area contributed by atoms with Gasteiger partial charge in [-0.25, -0.2) is 0 Å². The summed E-state index contributed by atoms with van der Waals surface area (Å²) in [6, 6.07) is 3.10. The van der Waals surface area contributed by atoms with Crippen LogP contribution in [0.2, 0.25) is 5.02 Å². The van der Waals surface area contributed by atoms with Gasteiger partial charge in [0, 0.05) is 12.6 Å².